The van der Waals surface area contributed by atoms with Crippen LogP contribution in [0.15, 0.2) is 29.3 Å². The number of amidine groups is 1. The number of sulfone groups is 1. The molecule has 164 valence electrons. The average molecular weight is 450 g/mol. The van der Waals surface area contributed by atoms with Crippen LogP contribution in [0.2, 0.25) is 0 Å². The van der Waals surface area contributed by atoms with E-state index in [1.54, 1.807) is 0 Å². The summed E-state index contributed by atoms with van der Waals surface area (Å²) in [5, 5.41) is 0.612. The minimum atomic E-state index is -3.06. The molecule has 1 amide bonds. The molecule has 0 radical (unpaired) electrons. The molecule has 2 aliphatic heterocycles. The molecule has 2 saturated heterocycles. The lowest BCUT2D eigenvalue weighted by molar-refractivity contribution is -0.122. The fourth-order valence-electron chi connectivity index (χ4n) is 4.81. The molecule has 2 atom stereocenters. The first kappa shape index (κ1) is 21.7. The van der Waals surface area contributed by atoms with Crippen LogP contribution >= 0.6 is 11.8 Å². The van der Waals surface area contributed by atoms with Crippen LogP contribution in [-0.4, -0.2) is 55.4 Å². The van der Waals surface area contributed by atoms with E-state index in [9.17, 15) is 13.2 Å². The van der Waals surface area contributed by atoms with E-state index >= 15 is 0 Å². The van der Waals surface area contributed by atoms with E-state index in [1.807, 2.05) is 17.0 Å². The van der Waals surface area contributed by atoms with Crippen molar-refractivity contribution in [3.8, 4) is 0 Å². The molecule has 3 fully saturated rings. The summed E-state index contributed by atoms with van der Waals surface area (Å²) in [5.41, 5.74) is 2.06. The van der Waals surface area contributed by atoms with Gasteiger partial charge in [-0.25, -0.2) is 8.42 Å². The molecule has 30 heavy (non-hydrogen) atoms. The average Bonchev–Trinajstić information content (AvgIpc) is 3.21. The van der Waals surface area contributed by atoms with Crippen molar-refractivity contribution in [3.63, 3.8) is 0 Å². The third-order valence-corrected chi connectivity index (χ3v) is 9.69. The van der Waals surface area contributed by atoms with E-state index in [4.69, 9.17) is 0 Å². The van der Waals surface area contributed by atoms with Crippen molar-refractivity contribution >= 4 is 44.0 Å². The number of fused-ring (bicyclic) bond motifs is 1. The minimum absolute atomic E-state index is 0.0166. The highest BCUT2D eigenvalue weighted by molar-refractivity contribution is 8.16. The summed E-state index contributed by atoms with van der Waals surface area (Å²) in [6.07, 6.45) is 5.21. The Labute approximate surface area is 184 Å². The maximum atomic E-state index is 12.8. The number of hydrogen-bond acceptors (Lipinski definition) is 5. The van der Waals surface area contributed by atoms with Crippen molar-refractivity contribution in [2.24, 2.45) is 10.9 Å². The Kier molecular flexibility index (Phi) is 6.44. The summed E-state index contributed by atoms with van der Waals surface area (Å²) >= 11 is 1.46. The second-order valence-electron chi connectivity index (χ2n) is 8.43. The van der Waals surface area contributed by atoms with Crippen LogP contribution in [0.3, 0.4) is 0 Å². The number of benzene rings is 1. The molecule has 0 aromatic heterocycles. The highest BCUT2D eigenvalue weighted by Gasteiger charge is 2.49. The normalized spacial score (nSPS) is 27.4. The van der Waals surface area contributed by atoms with Crippen LogP contribution in [-0.2, 0) is 14.6 Å². The Morgan fingerprint density at radius 3 is 2.40 bits per heavy atom. The van der Waals surface area contributed by atoms with Crippen molar-refractivity contribution in [2.75, 3.05) is 34.4 Å². The number of thioether (sulfide) groups is 1. The first-order chi connectivity index (χ1) is 14.4. The lowest BCUT2D eigenvalue weighted by Gasteiger charge is -2.27. The van der Waals surface area contributed by atoms with E-state index in [1.165, 1.54) is 18.2 Å². The summed E-state index contributed by atoms with van der Waals surface area (Å²) in [6, 6.07) is 8.05. The van der Waals surface area contributed by atoms with Crippen molar-refractivity contribution in [1.29, 1.82) is 0 Å². The number of hydrogen-bond donors (Lipinski definition) is 0. The molecular formula is C22H31N3O3S2. The molecule has 0 N–H and O–H groups in total. The zero-order chi connectivity index (χ0) is 21.3. The first-order valence-corrected chi connectivity index (χ1v) is 13.8. The highest BCUT2D eigenvalue weighted by atomic mass is 32.2. The van der Waals surface area contributed by atoms with Gasteiger partial charge in [-0.1, -0.05) is 31.0 Å². The first-order valence-electron chi connectivity index (χ1n) is 11.1. The molecule has 1 aliphatic carbocycles. The summed E-state index contributed by atoms with van der Waals surface area (Å²) in [4.78, 5) is 21.7. The maximum Gasteiger partial charge on any atom is 0.251 e. The predicted molar refractivity (Wildman–Crippen MR) is 125 cm³/mol. The molecule has 1 saturated carbocycles. The Hall–Kier alpha value is -1.54. The van der Waals surface area contributed by atoms with Crippen molar-refractivity contribution < 1.29 is 13.2 Å². The second-order valence-corrected chi connectivity index (χ2v) is 11.8. The van der Waals surface area contributed by atoms with Gasteiger partial charge in [-0.05, 0) is 51.0 Å². The molecule has 1 aromatic rings. The van der Waals surface area contributed by atoms with Gasteiger partial charge in [-0.15, -0.1) is 0 Å². The van der Waals surface area contributed by atoms with E-state index < -0.39 is 9.84 Å². The molecule has 0 unspecified atom stereocenters. The predicted octanol–water partition coefficient (Wildman–Crippen LogP) is 3.71. The van der Waals surface area contributed by atoms with Gasteiger partial charge < -0.3 is 9.80 Å². The minimum Gasteiger partial charge on any atom is -0.372 e. The molecule has 4 rings (SSSR count). The number of rotatable bonds is 5. The van der Waals surface area contributed by atoms with Gasteiger partial charge >= 0.3 is 0 Å². The van der Waals surface area contributed by atoms with Crippen molar-refractivity contribution in [3.05, 3.63) is 24.3 Å². The second kappa shape index (κ2) is 8.91. The Morgan fingerprint density at radius 1 is 1.10 bits per heavy atom. The largest absolute Gasteiger partial charge is 0.372 e. The van der Waals surface area contributed by atoms with Crippen LogP contribution in [0.25, 0.3) is 0 Å². The number of anilines is 2. The Balaban J connectivity index is 1.63. The Bertz CT molecular complexity index is 904. The lowest BCUT2D eigenvalue weighted by atomic mass is 9.89. The lowest BCUT2D eigenvalue weighted by Crippen LogP contribution is -2.38. The summed E-state index contributed by atoms with van der Waals surface area (Å²) in [6.45, 7) is 6.12. The fraction of sp³-hybridized carbons (Fsp3) is 0.636. The zero-order valence-electron chi connectivity index (χ0n) is 17.8. The van der Waals surface area contributed by atoms with Gasteiger partial charge in [0.15, 0.2) is 15.0 Å². The topological polar surface area (TPSA) is 70.0 Å². The highest BCUT2D eigenvalue weighted by Crippen LogP contribution is 2.41. The van der Waals surface area contributed by atoms with Gasteiger partial charge in [0, 0.05) is 35.6 Å². The fourth-order valence-corrected chi connectivity index (χ4v) is 8.73. The smallest absolute Gasteiger partial charge is 0.251 e. The SMILES string of the molecule is CCN(CC)c1ccc(N2C(=NC(=O)C3CCCCC3)S[C@H]3CS(=O)(=O)C[C@@H]32)cc1. The van der Waals surface area contributed by atoms with Crippen molar-refractivity contribution in [2.45, 2.75) is 57.2 Å². The number of aliphatic imine (C=N–C) groups is 1. The van der Waals surface area contributed by atoms with Crippen LogP contribution in [0, 0.1) is 5.92 Å². The third kappa shape index (κ3) is 4.40. The van der Waals surface area contributed by atoms with Crippen LogP contribution in [0.5, 0.6) is 0 Å². The zero-order valence-corrected chi connectivity index (χ0v) is 19.4. The van der Waals surface area contributed by atoms with Gasteiger partial charge in [0.1, 0.15) is 0 Å². The number of carbonyl (C=O) groups excluding carboxylic acids is 1. The third-order valence-electron chi connectivity index (χ3n) is 6.48. The van der Waals surface area contributed by atoms with Gasteiger partial charge in [0.05, 0.1) is 17.5 Å². The van der Waals surface area contributed by atoms with Gasteiger partial charge in [-0.2, -0.15) is 4.99 Å². The summed E-state index contributed by atoms with van der Waals surface area (Å²) < 4.78 is 24.5. The van der Waals surface area contributed by atoms with Crippen molar-refractivity contribution in [1.82, 2.24) is 0 Å². The molecule has 3 aliphatic rings. The van der Waals surface area contributed by atoms with Gasteiger partial charge in [-0.3, -0.25) is 4.79 Å². The van der Waals surface area contributed by atoms with Gasteiger partial charge in [0.25, 0.3) is 5.91 Å². The standard InChI is InChI=1S/C22H31N3O3S2/c1-3-24(4-2)17-10-12-18(13-11-17)25-19-14-30(27,28)15-20(19)29-22(25)23-21(26)16-8-6-5-7-9-16/h10-13,16,19-20H,3-9,14-15H2,1-2H3/t19-,20-/m0/s1. The Morgan fingerprint density at radius 2 is 1.77 bits per heavy atom. The van der Waals surface area contributed by atoms with E-state index in [-0.39, 0.29) is 34.6 Å². The summed E-state index contributed by atoms with van der Waals surface area (Å²) in [7, 11) is -3.06. The van der Waals surface area contributed by atoms with Crippen LogP contribution < -0.4 is 9.80 Å². The molecule has 1 aromatic carbocycles. The molecule has 0 bridgehead atoms. The molecule has 6 nitrogen and oxygen atoms in total. The molecule has 8 heteroatoms. The van der Waals surface area contributed by atoms with E-state index in [0.29, 0.717) is 5.17 Å². The van der Waals surface area contributed by atoms with E-state index in [0.717, 1.165) is 50.1 Å². The maximum absolute atomic E-state index is 12.8. The number of carbonyl (C=O) groups is 1. The molecule has 0 spiro atoms. The number of nitrogens with zero attached hydrogens (tertiary/aromatic N) is 3. The number of amides is 1. The quantitative estimate of drug-likeness (QED) is 0.682. The van der Waals surface area contributed by atoms with Crippen LogP contribution in [0.1, 0.15) is 46.0 Å². The van der Waals surface area contributed by atoms with E-state index in [2.05, 4.69) is 35.9 Å². The monoisotopic (exact) mass is 449 g/mol. The summed E-state index contributed by atoms with van der Waals surface area (Å²) in [5.74, 6) is 0.263. The molecular weight excluding hydrogens is 418 g/mol. The molecule has 2 heterocycles. The van der Waals surface area contributed by atoms with Crippen LogP contribution in [0.4, 0.5) is 11.4 Å². The van der Waals surface area contributed by atoms with Gasteiger partial charge in [0.2, 0.25) is 0 Å².